The van der Waals surface area contributed by atoms with Gasteiger partial charge in [0.2, 0.25) is 0 Å². The van der Waals surface area contributed by atoms with Crippen LogP contribution >= 0.6 is 10.7 Å². The van der Waals surface area contributed by atoms with Gasteiger partial charge in [-0.1, -0.05) is 0 Å². The second-order valence-electron chi connectivity index (χ2n) is 2.09. The van der Waals surface area contributed by atoms with E-state index in [1.807, 2.05) is 0 Å². The van der Waals surface area contributed by atoms with Crippen LogP contribution in [0.1, 0.15) is 0 Å². The summed E-state index contributed by atoms with van der Waals surface area (Å²) in [7, 11) is 2.12. The third-order valence-corrected chi connectivity index (χ3v) is 2.60. The molecule has 0 aromatic carbocycles. The third-order valence-electron chi connectivity index (χ3n) is 1.29. The minimum absolute atomic E-state index is 0.426. The van der Waals surface area contributed by atoms with Crippen LogP contribution in [0.25, 0.3) is 0 Å². The van der Waals surface area contributed by atoms with Crippen molar-refractivity contribution in [2.24, 2.45) is 0 Å². The first kappa shape index (κ1) is 10.2. The summed E-state index contributed by atoms with van der Waals surface area (Å²) >= 11 is 0. The molecule has 0 aliphatic heterocycles. The highest BCUT2D eigenvalue weighted by molar-refractivity contribution is 8.13. The number of methoxy groups -OCH3 is 1. The highest BCUT2D eigenvalue weighted by atomic mass is 35.7. The lowest BCUT2D eigenvalue weighted by atomic mass is 10.4. The Morgan fingerprint density at radius 2 is 2.15 bits per heavy atom. The third kappa shape index (κ3) is 2.07. The molecule has 0 unspecified atom stereocenters. The van der Waals surface area contributed by atoms with Crippen molar-refractivity contribution in [1.82, 2.24) is 4.98 Å². The molecular weight excluding hydrogens is 221 g/mol. The molecule has 0 spiro atoms. The van der Waals surface area contributed by atoms with Gasteiger partial charge in [0.05, 0.1) is 19.5 Å². The monoisotopic (exact) mass is 225 g/mol. The fourth-order valence-corrected chi connectivity index (χ4v) is 1.70. The summed E-state index contributed by atoms with van der Waals surface area (Å²) in [6, 6.07) is 0. The molecule has 13 heavy (non-hydrogen) atoms. The van der Waals surface area contributed by atoms with Crippen molar-refractivity contribution in [3.63, 3.8) is 0 Å². The Kier molecular flexibility index (Phi) is 2.72. The van der Waals surface area contributed by atoms with Crippen LogP contribution in [0.2, 0.25) is 0 Å². The lowest BCUT2D eigenvalue weighted by Gasteiger charge is -2.04. The Morgan fingerprint density at radius 1 is 1.54 bits per heavy atom. The smallest absolute Gasteiger partial charge is 0.266 e. The topological polar surface area (TPSA) is 56.3 Å². The molecule has 0 fully saturated rings. The van der Waals surface area contributed by atoms with E-state index >= 15 is 0 Å². The van der Waals surface area contributed by atoms with Crippen LogP contribution in [-0.4, -0.2) is 20.5 Å². The van der Waals surface area contributed by atoms with Gasteiger partial charge >= 0.3 is 0 Å². The summed E-state index contributed by atoms with van der Waals surface area (Å²) in [5.41, 5.74) is 0. The van der Waals surface area contributed by atoms with Gasteiger partial charge in [0.1, 0.15) is 4.90 Å². The van der Waals surface area contributed by atoms with Gasteiger partial charge in [-0.05, 0) is 0 Å². The molecule has 72 valence electrons. The lowest BCUT2D eigenvalue weighted by molar-refractivity contribution is 0.373. The zero-order valence-electron chi connectivity index (χ0n) is 6.49. The van der Waals surface area contributed by atoms with Crippen molar-refractivity contribution >= 4 is 19.7 Å². The molecule has 7 heteroatoms. The molecule has 0 radical (unpaired) electrons. The van der Waals surface area contributed by atoms with Crippen LogP contribution in [0.15, 0.2) is 17.3 Å². The molecule has 0 N–H and O–H groups in total. The number of hydrogen-bond acceptors (Lipinski definition) is 4. The Morgan fingerprint density at radius 3 is 2.54 bits per heavy atom. The Balaban J connectivity index is 3.47. The van der Waals surface area contributed by atoms with Gasteiger partial charge in [-0.15, -0.1) is 0 Å². The number of ether oxygens (including phenoxy) is 1. The van der Waals surface area contributed by atoms with Crippen LogP contribution in [0.3, 0.4) is 0 Å². The van der Waals surface area contributed by atoms with E-state index in [4.69, 9.17) is 10.7 Å². The highest BCUT2D eigenvalue weighted by Crippen LogP contribution is 2.27. The van der Waals surface area contributed by atoms with Gasteiger partial charge < -0.3 is 4.74 Å². The Labute approximate surface area is 78.7 Å². The number of nitrogens with zero attached hydrogens (tertiary/aromatic N) is 1. The number of pyridine rings is 1. The van der Waals surface area contributed by atoms with Crippen molar-refractivity contribution in [3.8, 4) is 5.75 Å². The molecule has 0 aliphatic rings. The van der Waals surface area contributed by atoms with E-state index in [1.54, 1.807) is 0 Å². The van der Waals surface area contributed by atoms with E-state index in [1.165, 1.54) is 0 Å². The minimum Gasteiger partial charge on any atom is -0.492 e. The predicted octanol–water partition coefficient (Wildman–Crippen LogP) is 1.16. The molecule has 1 aromatic rings. The first-order chi connectivity index (χ1) is 5.96. The van der Waals surface area contributed by atoms with Crippen LogP contribution in [0.4, 0.5) is 4.39 Å². The second-order valence-corrected chi connectivity index (χ2v) is 4.62. The van der Waals surface area contributed by atoms with Crippen LogP contribution in [0, 0.1) is 5.82 Å². The zero-order chi connectivity index (χ0) is 10.1. The van der Waals surface area contributed by atoms with Gasteiger partial charge in [0, 0.05) is 10.7 Å². The van der Waals surface area contributed by atoms with E-state index in [-0.39, 0.29) is 0 Å². The largest absolute Gasteiger partial charge is 0.492 e. The maximum absolute atomic E-state index is 12.9. The number of rotatable bonds is 2. The maximum atomic E-state index is 12.9. The molecule has 0 bridgehead atoms. The average molecular weight is 226 g/mol. The summed E-state index contributed by atoms with van der Waals surface area (Å²) in [5, 5.41) is 0. The lowest BCUT2D eigenvalue weighted by Crippen LogP contribution is -1.99. The highest BCUT2D eigenvalue weighted by Gasteiger charge is 2.20. The SMILES string of the molecule is COc1c(F)cncc1S(=O)(=O)Cl. The van der Waals surface area contributed by atoms with Crippen LogP contribution in [-0.2, 0) is 9.05 Å². The van der Waals surface area contributed by atoms with Crippen LogP contribution in [0.5, 0.6) is 5.75 Å². The minimum atomic E-state index is -4.02. The van der Waals surface area contributed by atoms with Gasteiger partial charge in [-0.3, -0.25) is 4.98 Å². The standard InChI is InChI=1S/C6H5ClFNO3S/c1-12-6-4(8)2-9-3-5(6)13(7,10)11/h2-3H,1H3. The normalized spacial score (nSPS) is 11.3. The zero-order valence-corrected chi connectivity index (χ0v) is 8.06. The molecule has 0 atom stereocenters. The molecule has 0 saturated heterocycles. The van der Waals surface area contributed by atoms with Gasteiger partial charge in [-0.25, -0.2) is 12.8 Å². The summed E-state index contributed by atoms with van der Waals surface area (Å²) in [6.45, 7) is 0. The molecule has 1 rings (SSSR count). The maximum Gasteiger partial charge on any atom is 0.266 e. The number of halogens is 2. The molecule has 0 saturated carbocycles. The Hall–Kier alpha value is -0.880. The first-order valence-corrected chi connectivity index (χ1v) is 5.40. The van der Waals surface area contributed by atoms with Crippen LogP contribution < -0.4 is 4.74 Å². The molecule has 1 aromatic heterocycles. The van der Waals surface area contributed by atoms with Gasteiger partial charge in [0.15, 0.2) is 11.6 Å². The van der Waals surface area contributed by atoms with Gasteiger partial charge in [0.25, 0.3) is 9.05 Å². The molecular formula is C6H5ClFNO3S. The molecule has 0 amide bonds. The molecule has 1 heterocycles. The van der Waals surface area contributed by atoms with E-state index in [0.717, 1.165) is 19.5 Å². The van der Waals surface area contributed by atoms with E-state index in [9.17, 15) is 12.8 Å². The fraction of sp³-hybridized carbons (Fsp3) is 0.167. The van der Waals surface area contributed by atoms with Crippen molar-refractivity contribution in [2.75, 3.05) is 7.11 Å². The van der Waals surface area contributed by atoms with Crippen molar-refractivity contribution in [3.05, 3.63) is 18.2 Å². The summed E-state index contributed by atoms with van der Waals surface area (Å²) in [4.78, 5) is 2.87. The fourth-order valence-electron chi connectivity index (χ4n) is 0.777. The first-order valence-electron chi connectivity index (χ1n) is 3.09. The number of hydrogen-bond donors (Lipinski definition) is 0. The Bertz CT molecular complexity index is 420. The van der Waals surface area contributed by atoms with E-state index in [0.29, 0.717) is 0 Å². The average Bonchev–Trinajstić information content (AvgIpc) is 2.02. The second kappa shape index (κ2) is 3.47. The summed E-state index contributed by atoms with van der Waals surface area (Å²) < 4.78 is 39.1. The predicted molar refractivity (Wildman–Crippen MR) is 43.8 cm³/mol. The van der Waals surface area contributed by atoms with Crippen molar-refractivity contribution in [1.29, 1.82) is 0 Å². The van der Waals surface area contributed by atoms with Crippen molar-refractivity contribution in [2.45, 2.75) is 4.90 Å². The quantitative estimate of drug-likeness (QED) is 0.709. The van der Waals surface area contributed by atoms with E-state index in [2.05, 4.69) is 9.72 Å². The number of aromatic nitrogens is 1. The van der Waals surface area contributed by atoms with E-state index < -0.39 is 25.5 Å². The summed E-state index contributed by atoms with van der Waals surface area (Å²) in [5.74, 6) is -1.30. The van der Waals surface area contributed by atoms with Crippen molar-refractivity contribution < 1.29 is 17.5 Å². The molecule has 0 aliphatic carbocycles. The van der Waals surface area contributed by atoms with Gasteiger partial charge in [-0.2, -0.15) is 0 Å². The summed E-state index contributed by atoms with van der Waals surface area (Å²) in [6.07, 6.45) is 1.76. The molecule has 4 nitrogen and oxygen atoms in total.